The SMILES string of the molecule is CC1=CC(OC=C2C(=O)N(C)C3c4ccccc4C[C@H]23)OC1=O. The average molecular weight is 311 g/mol. The van der Waals surface area contributed by atoms with Crippen molar-refractivity contribution in [2.45, 2.75) is 25.7 Å². The van der Waals surface area contributed by atoms with Crippen molar-refractivity contribution in [3.05, 3.63) is 58.9 Å². The molecule has 2 heterocycles. The van der Waals surface area contributed by atoms with Crippen LogP contribution in [0.1, 0.15) is 24.1 Å². The van der Waals surface area contributed by atoms with Crippen LogP contribution >= 0.6 is 0 Å². The molecule has 5 heteroatoms. The second-order valence-corrected chi connectivity index (χ2v) is 6.20. The molecular formula is C18H17NO4. The maximum Gasteiger partial charge on any atom is 0.336 e. The number of benzene rings is 1. The van der Waals surface area contributed by atoms with Gasteiger partial charge in [-0.25, -0.2) is 4.79 Å². The molecule has 1 aromatic rings. The van der Waals surface area contributed by atoms with Gasteiger partial charge in [0.05, 0.1) is 17.9 Å². The van der Waals surface area contributed by atoms with Gasteiger partial charge < -0.3 is 14.4 Å². The summed E-state index contributed by atoms with van der Waals surface area (Å²) >= 11 is 0. The van der Waals surface area contributed by atoms with Crippen molar-refractivity contribution >= 4 is 11.9 Å². The van der Waals surface area contributed by atoms with E-state index in [1.165, 1.54) is 17.4 Å². The Bertz CT molecular complexity index is 764. The number of carbonyl (C=O) groups excluding carboxylic acids is 2. The Morgan fingerprint density at radius 2 is 2.09 bits per heavy atom. The third-order valence-electron chi connectivity index (χ3n) is 4.84. The molecule has 2 unspecified atom stereocenters. The molecule has 3 atom stereocenters. The quantitative estimate of drug-likeness (QED) is 0.477. The van der Waals surface area contributed by atoms with Crippen LogP contribution < -0.4 is 0 Å². The maximum absolute atomic E-state index is 12.5. The third-order valence-corrected chi connectivity index (χ3v) is 4.84. The molecule has 0 spiro atoms. The van der Waals surface area contributed by atoms with E-state index in [9.17, 15) is 9.59 Å². The number of fused-ring (bicyclic) bond motifs is 3. The Kier molecular flexibility index (Phi) is 3.04. The maximum atomic E-state index is 12.5. The summed E-state index contributed by atoms with van der Waals surface area (Å²) in [5.41, 5.74) is 3.65. The molecule has 0 aromatic heterocycles. The summed E-state index contributed by atoms with van der Waals surface area (Å²) in [6.07, 6.45) is 3.17. The van der Waals surface area contributed by atoms with E-state index < -0.39 is 6.29 Å². The van der Waals surface area contributed by atoms with Crippen molar-refractivity contribution in [3.63, 3.8) is 0 Å². The summed E-state index contributed by atoms with van der Waals surface area (Å²) in [5, 5.41) is 0. The van der Waals surface area contributed by atoms with Crippen LogP contribution in [-0.4, -0.2) is 30.1 Å². The van der Waals surface area contributed by atoms with Crippen LogP contribution in [0.15, 0.2) is 47.7 Å². The first-order valence-electron chi connectivity index (χ1n) is 7.66. The number of likely N-dealkylation sites (tertiary alicyclic amines) is 1. The summed E-state index contributed by atoms with van der Waals surface area (Å²) in [5.74, 6) is -0.318. The number of ether oxygens (including phenoxy) is 2. The summed E-state index contributed by atoms with van der Waals surface area (Å²) in [6, 6.07) is 8.28. The van der Waals surface area contributed by atoms with Crippen LogP contribution in [0.4, 0.5) is 0 Å². The number of likely N-dealkylation sites (N-methyl/N-ethyl adjacent to an activating group) is 1. The number of esters is 1. The Labute approximate surface area is 134 Å². The van der Waals surface area contributed by atoms with Gasteiger partial charge in [-0.15, -0.1) is 0 Å². The highest BCUT2D eigenvalue weighted by molar-refractivity contribution is 5.97. The van der Waals surface area contributed by atoms with Crippen LogP contribution in [0.5, 0.6) is 0 Å². The molecule has 1 amide bonds. The number of nitrogens with zero attached hydrogens (tertiary/aromatic N) is 1. The van der Waals surface area contributed by atoms with Gasteiger partial charge in [0.2, 0.25) is 0 Å². The topological polar surface area (TPSA) is 55.8 Å². The molecule has 0 saturated carbocycles. The molecule has 1 fully saturated rings. The summed E-state index contributed by atoms with van der Waals surface area (Å²) in [7, 11) is 1.82. The minimum Gasteiger partial charge on any atom is -0.458 e. The van der Waals surface area contributed by atoms with Crippen molar-refractivity contribution < 1.29 is 19.1 Å². The standard InChI is InChI=1S/C18H17NO4/c1-10-7-15(23-18(10)21)22-9-14-13-8-11-5-3-4-6-12(11)16(13)19(2)17(14)20/h3-7,9,13,15-16H,8H2,1-2H3/t13-,15?,16?/m1/s1. The molecule has 0 radical (unpaired) electrons. The lowest BCUT2D eigenvalue weighted by Gasteiger charge is -2.19. The van der Waals surface area contributed by atoms with E-state index >= 15 is 0 Å². The molecule has 5 nitrogen and oxygen atoms in total. The minimum absolute atomic E-state index is 0.0282. The smallest absolute Gasteiger partial charge is 0.336 e. The van der Waals surface area contributed by atoms with Gasteiger partial charge in [-0.05, 0) is 24.5 Å². The van der Waals surface area contributed by atoms with Gasteiger partial charge in [0.25, 0.3) is 12.2 Å². The van der Waals surface area contributed by atoms with Crippen molar-refractivity contribution in [2.24, 2.45) is 5.92 Å². The van der Waals surface area contributed by atoms with Crippen molar-refractivity contribution in [3.8, 4) is 0 Å². The van der Waals surface area contributed by atoms with Gasteiger partial charge >= 0.3 is 5.97 Å². The molecule has 0 N–H and O–H groups in total. The fourth-order valence-electron chi connectivity index (χ4n) is 3.67. The van der Waals surface area contributed by atoms with Crippen molar-refractivity contribution in [2.75, 3.05) is 7.05 Å². The Morgan fingerprint density at radius 1 is 1.30 bits per heavy atom. The molecule has 4 rings (SSSR count). The van der Waals surface area contributed by atoms with Crippen LogP contribution in [0, 0.1) is 5.92 Å². The largest absolute Gasteiger partial charge is 0.458 e. The monoisotopic (exact) mass is 311 g/mol. The fraction of sp³-hybridized carbons (Fsp3) is 0.333. The summed E-state index contributed by atoms with van der Waals surface area (Å²) in [4.78, 5) is 25.6. The zero-order valence-corrected chi connectivity index (χ0v) is 13.0. The summed E-state index contributed by atoms with van der Waals surface area (Å²) < 4.78 is 10.6. The lowest BCUT2D eigenvalue weighted by atomic mass is 9.97. The Balaban J connectivity index is 1.60. The van der Waals surface area contributed by atoms with Gasteiger partial charge in [-0.3, -0.25) is 4.79 Å². The van der Waals surface area contributed by atoms with Gasteiger partial charge in [0.15, 0.2) is 0 Å². The number of hydrogen-bond donors (Lipinski definition) is 0. The highest BCUT2D eigenvalue weighted by Gasteiger charge is 2.47. The lowest BCUT2D eigenvalue weighted by Crippen LogP contribution is -2.23. The van der Waals surface area contributed by atoms with Crippen molar-refractivity contribution in [1.82, 2.24) is 4.90 Å². The highest BCUT2D eigenvalue weighted by atomic mass is 16.7. The van der Waals surface area contributed by atoms with Crippen LogP contribution in [0.25, 0.3) is 0 Å². The van der Waals surface area contributed by atoms with E-state index in [1.807, 2.05) is 19.2 Å². The molecule has 1 aliphatic carbocycles. The molecule has 118 valence electrons. The number of carbonyl (C=O) groups is 2. The second-order valence-electron chi connectivity index (χ2n) is 6.20. The molecule has 3 aliphatic rings. The average Bonchev–Trinajstić information content (AvgIpc) is 3.13. The predicted octanol–water partition coefficient (Wildman–Crippen LogP) is 2.10. The molecule has 23 heavy (non-hydrogen) atoms. The zero-order valence-electron chi connectivity index (χ0n) is 13.0. The number of amides is 1. The molecule has 1 aromatic carbocycles. The van der Waals surface area contributed by atoms with Crippen LogP contribution in [0.3, 0.4) is 0 Å². The summed E-state index contributed by atoms with van der Waals surface area (Å²) in [6.45, 7) is 1.68. The first kappa shape index (κ1) is 14.1. The zero-order chi connectivity index (χ0) is 16.1. The predicted molar refractivity (Wildman–Crippen MR) is 82.0 cm³/mol. The fourth-order valence-corrected chi connectivity index (χ4v) is 3.67. The van der Waals surface area contributed by atoms with E-state index in [-0.39, 0.29) is 23.8 Å². The van der Waals surface area contributed by atoms with Gasteiger partial charge in [0, 0.05) is 24.6 Å². The first-order valence-corrected chi connectivity index (χ1v) is 7.66. The normalized spacial score (nSPS) is 30.3. The van der Waals surface area contributed by atoms with Crippen LogP contribution in [0.2, 0.25) is 0 Å². The van der Waals surface area contributed by atoms with Gasteiger partial charge in [-0.1, -0.05) is 24.3 Å². The number of rotatable bonds is 2. The number of cyclic esters (lactones) is 1. The molecule has 0 bridgehead atoms. The van der Waals surface area contributed by atoms with Gasteiger partial charge in [-0.2, -0.15) is 0 Å². The molecule has 1 saturated heterocycles. The van der Waals surface area contributed by atoms with E-state index in [0.717, 1.165) is 6.42 Å². The van der Waals surface area contributed by atoms with E-state index in [2.05, 4.69) is 12.1 Å². The van der Waals surface area contributed by atoms with Crippen molar-refractivity contribution in [1.29, 1.82) is 0 Å². The van der Waals surface area contributed by atoms with E-state index in [4.69, 9.17) is 9.47 Å². The number of hydrogen-bond acceptors (Lipinski definition) is 4. The Morgan fingerprint density at radius 3 is 2.83 bits per heavy atom. The second kappa shape index (κ2) is 4.98. The van der Waals surface area contributed by atoms with E-state index in [0.29, 0.717) is 11.1 Å². The molecule has 2 aliphatic heterocycles. The first-order chi connectivity index (χ1) is 11.1. The van der Waals surface area contributed by atoms with E-state index in [1.54, 1.807) is 17.9 Å². The molecular weight excluding hydrogens is 294 g/mol. The lowest BCUT2D eigenvalue weighted by molar-refractivity contribution is -0.152. The minimum atomic E-state index is -0.740. The van der Waals surface area contributed by atoms with Crippen LogP contribution in [-0.2, 0) is 25.5 Å². The van der Waals surface area contributed by atoms with Gasteiger partial charge in [0.1, 0.15) is 0 Å². The third kappa shape index (κ3) is 2.07. The Hall–Kier alpha value is -2.56. The highest BCUT2D eigenvalue weighted by Crippen LogP contribution is 2.48.